The van der Waals surface area contributed by atoms with Crippen LogP contribution in [0.3, 0.4) is 0 Å². The maximum atomic E-state index is 6.11. The predicted molar refractivity (Wildman–Crippen MR) is 77.7 cm³/mol. The number of nitrogens with two attached hydrogens (primary N) is 1. The Morgan fingerprint density at radius 2 is 2.00 bits per heavy atom. The van der Waals surface area contributed by atoms with Crippen LogP contribution in [0.25, 0.3) is 0 Å². The molecule has 2 nitrogen and oxygen atoms in total. The smallest absolute Gasteiger partial charge is 0.125 e. The highest BCUT2D eigenvalue weighted by Gasteiger charge is 2.26. The van der Waals surface area contributed by atoms with Gasteiger partial charge < -0.3 is 10.5 Å². The third-order valence-electron chi connectivity index (χ3n) is 3.68. The lowest BCUT2D eigenvalue weighted by atomic mass is 9.78. The minimum atomic E-state index is 0.399. The molecule has 2 aromatic rings. The molecule has 0 spiro atoms. The van der Waals surface area contributed by atoms with E-state index >= 15 is 0 Å². The zero-order valence-corrected chi connectivity index (χ0v) is 11.4. The first-order chi connectivity index (χ1) is 9.29. The monoisotopic (exact) mass is 273 g/mol. The van der Waals surface area contributed by atoms with Gasteiger partial charge in [0.2, 0.25) is 0 Å². The van der Waals surface area contributed by atoms with Crippen LogP contribution in [0.4, 0.5) is 0 Å². The Balaban J connectivity index is 1.70. The maximum Gasteiger partial charge on any atom is 0.125 e. The fourth-order valence-electron chi connectivity index (χ4n) is 2.57. The lowest BCUT2D eigenvalue weighted by molar-refractivity contribution is 0.273. The Bertz CT molecular complexity index is 597. The summed E-state index contributed by atoms with van der Waals surface area (Å²) in [6, 6.07) is 14.2. The summed E-state index contributed by atoms with van der Waals surface area (Å²) in [7, 11) is 0. The van der Waals surface area contributed by atoms with Crippen LogP contribution in [0.15, 0.2) is 42.5 Å². The largest absolute Gasteiger partial charge is 0.493 e. The van der Waals surface area contributed by atoms with E-state index in [1.165, 1.54) is 11.1 Å². The minimum Gasteiger partial charge on any atom is -0.493 e. The summed E-state index contributed by atoms with van der Waals surface area (Å²) >= 11 is 6.11. The fraction of sp³-hybridized carbons (Fsp3) is 0.250. The summed E-state index contributed by atoms with van der Waals surface area (Å²) in [4.78, 5) is 0. The summed E-state index contributed by atoms with van der Waals surface area (Å²) in [5.41, 5.74) is 9.44. The number of ether oxygens (including phenoxy) is 1. The number of benzene rings is 2. The average molecular weight is 274 g/mol. The summed E-state index contributed by atoms with van der Waals surface area (Å²) in [6.07, 6.45) is 1.09. The molecule has 3 heteroatoms. The van der Waals surface area contributed by atoms with Gasteiger partial charge in [-0.2, -0.15) is 0 Å². The third-order valence-corrected chi connectivity index (χ3v) is 4.04. The van der Waals surface area contributed by atoms with Crippen LogP contribution in [-0.2, 0) is 13.0 Å². The second kappa shape index (κ2) is 5.24. The number of halogens is 1. The van der Waals surface area contributed by atoms with Gasteiger partial charge >= 0.3 is 0 Å². The van der Waals surface area contributed by atoms with Crippen molar-refractivity contribution in [2.75, 3.05) is 6.61 Å². The number of fused-ring (bicyclic) bond motifs is 1. The molecule has 1 atom stereocenters. The van der Waals surface area contributed by atoms with Crippen molar-refractivity contribution in [1.29, 1.82) is 0 Å². The van der Waals surface area contributed by atoms with Crippen LogP contribution in [-0.4, -0.2) is 6.61 Å². The molecule has 98 valence electrons. The Kier molecular flexibility index (Phi) is 3.45. The Morgan fingerprint density at radius 1 is 1.16 bits per heavy atom. The van der Waals surface area contributed by atoms with E-state index in [2.05, 4.69) is 24.3 Å². The molecule has 0 fully saturated rings. The minimum absolute atomic E-state index is 0.399. The van der Waals surface area contributed by atoms with E-state index in [0.717, 1.165) is 17.7 Å². The third kappa shape index (κ3) is 2.34. The van der Waals surface area contributed by atoms with Gasteiger partial charge in [-0.3, -0.25) is 0 Å². The van der Waals surface area contributed by atoms with Crippen molar-refractivity contribution in [2.24, 2.45) is 5.73 Å². The quantitative estimate of drug-likeness (QED) is 0.925. The highest BCUT2D eigenvalue weighted by atomic mass is 35.5. The topological polar surface area (TPSA) is 35.2 Å². The second-order valence-electron chi connectivity index (χ2n) is 4.83. The molecule has 1 aliphatic rings. The molecule has 0 aromatic heterocycles. The molecule has 2 N–H and O–H groups in total. The molecular formula is C16H16ClNO. The first-order valence-corrected chi connectivity index (χ1v) is 6.85. The van der Waals surface area contributed by atoms with Gasteiger partial charge in [0.1, 0.15) is 5.75 Å². The summed E-state index contributed by atoms with van der Waals surface area (Å²) < 4.78 is 5.91. The van der Waals surface area contributed by atoms with E-state index in [1.807, 2.05) is 18.2 Å². The van der Waals surface area contributed by atoms with Crippen LogP contribution < -0.4 is 10.5 Å². The summed E-state index contributed by atoms with van der Waals surface area (Å²) in [5, 5.41) is 0.675. The van der Waals surface area contributed by atoms with E-state index in [1.54, 1.807) is 0 Å². The van der Waals surface area contributed by atoms with Gasteiger partial charge in [-0.1, -0.05) is 41.9 Å². The molecule has 0 saturated heterocycles. The van der Waals surface area contributed by atoms with Gasteiger partial charge in [-0.25, -0.2) is 0 Å². The molecule has 0 saturated carbocycles. The normalized spacial score (nSPS) is 16.6. The van der Waals surface area contributed by atoms with E-state index in [-0.39, 0.29) is 0 Å². The zero-order chi connectivity index (χ0) is 13.2. The van der Waals surface area contributed by atoms with Crippen molar-refractivity contribution in [1.82, 2.24) is 0 Å². The van der Waals surface area contributed by atoms with Crippen LogP contribution in [0.2, 0.25) is 5.02 Å². The Hall–Kier alpha value is -1.51. The van der Waals surface area contributed by atoms with E-state index < -0.39 is 0 Å². The molecule has 3 rings (SSSR count). The lowest BCUT2D eigenvalue weighted by Gasteiger charge is -2.30. The van der Waals surface area contributed by atoms with Crippen LogP contribution in [0.5, 0.6) is 5.75 Å². The lowest BCUT2D eigenvalue weighted by Crippen LogP contribution is -2.23. The average Bonchev–Trinajstić information content (AvgIpc) is 2.40. The standard InChI is InChI=1S/C16H16ClNO/c17-15-6-3-7-16(14(15)9-18)19-10-12-8-11-4-1-2-5-13(11)12/h1-7,12H,8-10,18H2. The molecule has 0 bridgehead atoms. The van der Waals surface area contributed by atoms with Gasteiger partial charge in [-0.05, 0) is 29.7 Å². The first-order valence-electron chi connectivity index (χ1n) is 6.47. The SMILES string of the molecule is NCc1c(Cl)cccc1OCC1Cc2ccccc21. The van der Waals surface area contributed by atoms with Gasteiger partial charge in [0.15, 0.2) is 0 Å². The Labute approximate surface area is 118 Å². The van der Waals surface area contributed by atoms with Crippen LogP contribution >= 0.6 is 11.6 Å². The molecule has 0 aliphatic heterocycles. The second-order valence-corrected chi connectivity index (χ2v) is 5.24. The van der Waals surface area contributed by atoms with Crippen molar-refractivity contribution >= 4 is 11.6 Å². The molecule has 2 aromatic carbocycles. The van der Waals surface area contributed by atoms with Crippen LogP contribution in [0, 0.1) is 0 Å². The van der Waals surface area contributed by atoms with E-state index in [0.29, 0.717) is 24.1 Å². The summed E-state index contributed by atoms with van der Waals surface area (Å²) in [5.74, 6) is 1.29. The van der Waals surface area contributed by atoms with Crippen molar-refractivity contribution in [2.45, 2.75) is 18.9 Å². The molecule has 1 aliphatic carbocycles. The highest BCUT2D eigenvalue weighted by Crippen LogP contribution is 2.35. The molecule has 0 amide bonds. The molecule has 1 unspecified atom stereocenters. The highest BCUT2D eigenvalue weighted by molar-refractivity contribution is 6.31. The van der Waals surface area contributed by atoms with Crippen molar-refractivity contribution < 1.29 is 4.74 Å². The fourth-order valence-corrected chi connectivity index (χ4v) is 2.82. The maximum absolute atomic E-state index is 6.11. The molecule has 0 heterocycles. The van der Waals surface area contributed by atoms with Crippen LogP contribution in [0.1, 0.15) is 22.6 Å². The first kappa shape index (κ1) is 12.5. The van der Waals surface area contributed by atoms with Gasteiger partial charge in [-0.15, -0.1) is 0 Å². The Morgan fingerprint density at radius 3 is 2.79 bits per heavy atom. The van der Waals surface area contributed by atoms with Crippen molar-refractivity contribution in [3.05, 3.63) is 64.2 Å². The predicted octanol–water partition coefficient (Wildman–Crippen LogP) is 3.52. The van der Waals surface area contributed by atoms with Gasteiger partial charge in [0, 0.05) is 23.0 Å². The van der Waals surface area contributed by atoms with Gasteiger partial charge in [0.05, 0.1) is 6.61 Å². The zero-order valence-electron chi connectivity index (χ0n) is 10.6. The number of hydrogen-bond donors (Lipinski definition) is 1. The summed E-state index contributed by atoms with van der Waals surface area (Å²) in [6.45, 7) is 1.08. The number of hydrogen-bond acceptors (Lipinski definition) is 2. The van der Waals surface area contributed by atoms with E-state index in [9.17, 15) is 0 Å². The number of rotatable bonds is 4. The molecule has 0 radical (unpaired) electrons. The van der Waals surface area contributed by atoms with Crippen molar-refractivity contribution in [3.8, 4) is 5.75 Å². The van der Waals surface area contributed by atoms with E-state index in [4.69, 9.17) is 22.1 Å². The van der Waals surface area contributed by atoms with Crippen molar-refractivity contribution in [3.63, 3.8) is 0 Å². The van der Waals surface area contributed by atoms with Gasteiger partial charge in [0.25, 0.3) is 0 Å². The molecular weight excluding hydrogens is 258 g/mol. The molecule has 19 heavy (non-hydrogen) atoms.